The molecule has 0 radical (unpaired) electrons. The minimum absolute atomic E-state index is 0.701. The molecule has 0 spiro atoms. The average Bonchev–Trinajstić information content (AvgIpc) is 2.38. The summed E-state index contributed by atoms with van der Waals surface area (Å²) in [5.41, 5.74) is 0. The number of rotatable bonds is 8. The zero-order chi connectivity index (χ0) is 14.3. The molecule has 2 nitrogen and oxygen atoms in total. The lowest BCUT2D eigenvalue weighted by Crippen LogP contribution is -2.59. The molecule has 0 aromatic rings. The zero-order valence-corrected chi connectivity index (χ0v) is 14.4. The van der Waals surface area contributed by atoms with Crippen LogP contribution in [0.1, 0.15) is 47.5 Å². The largest absolute Gasteiger partial charge is 0.311 e. The minimum Gasteiger partial charge on any atom is -0.311 e. The predicted octanol–water partition coefficient (Wildman–Crippen LogP) is 3.47. The second kappa shape index (κ2) is 9.25. The summed E-state index contributed by atoms with van der Waals surface area (Å²) in [5.74, 6) is 4.14. The van der Waals surface area contributed by atoms with Crippen LogP contribution < -0.4 is 5.32 Å². The highest BCUT2D eigenvalue weighted by Gasteiger charge is 2.30. The van der Waals surface area contributed by atoms with E-state index < -0.39 is 0 Å². The third-order valence-electron chi connectivity index (χ3n) is 4.32. The highest BCUT2D eigenvalue weighted by molar-refractivity contribution is 7.99. The lowest BCUT2D eigenvalue weighted by Gasteiger charge is -2.43. The van der Waals surface area contributed by atoms with Crippen molar-refractivity contribution >= 4 is 11.8 Å². The number of thioether (sulfide) groups is 1. The first-order valence-electron chi connectivity index (χ1n) is 8.13. The molecule has 0 saturated carbocycles. The van der Waals surface area contributed by atoms with Crippen molar-refractivity contribution in [3.8, 4) is 0 Å². The first-order valence-corrected chi connectivity index (χ1v) is 9.29. The van der Waals surface area contributed by atoms with Crippen molar-refractivity contribution < 1.29 is 0 Å². The van der Waals surface area contributed by atoms with Crippen LogP contribution in [0.15, 0.2) is 0 Å². The summed E-state index contributed by atoms with van der Waals surface area (Å²) in [6.45, 7) is 15.4. The number of nitrogens with one attached hydrogen (secondary N) is 1. The van der Waals surface area contributed by atoms with Gasteiger partial charge in [0.15, 0.2) is 0 Å². The first kappa shape index (κ1) is 17.3. The van der Waals surface area contributed by atoms with E-state index in [1.807, 2.05) is 0 Å². The summed E-state index contributed by atoms with van der Waals surface area (Å²) in [6.07, 6.45) is 2.60. The number of hydrogen-bond donors (Lipinski definition) is 1. The number of piperazine rings is 1. The average molecular weight is 287 g/mol. The summed E-state index contributed by atoms with van der Waals surface area (Å²) < 4.78 is 0. The summed E-state index contributed by atoms with van der Waals surface area (Å²) in [4.78, 5) is 2.76. The summed E-state index contributed by atoms with van der Waals surface area (Å²) >= 11 is 2.08. The van der Waals surface area contributed by atoms with E-state index in [1.54, 1.807) is 0 Å². The summed E-state index contributed by atoms with van der Waals surface area (Å²) in [6, 6.07) is 1.44. The van der Waals surface area contributed by atoms with Gasteiger partial charge in [-0.3, -0.25) is 4.90 Å². The van der Waals surface area contributed by atoms with Gasteiger partial charge in [-0.15, -0.1) is 0 Å². The van der Waals surface area contributed by atoms with Gasteiger partial charge in [-0.05, 0) is 24.0 Å². The van der Waals surface area contributed by atoms with Crippen molar-refractivity contribution in [3.05, 3.63) is 0 Å². The van der Waals surface area contributed by atoms with Crippen LogP contribution in [-0.2, 0) is 0 Å². The van der Waals surface area contributed by atoms with Crippen LogP contribution in [0.25, 0.3) is 0 Å². The van der Waals surface area contributed by atoms with Gasteiger partial charge in [-0.1, -0.05) is 41.0 Å². The van der Waals surface area contributed by atoms with Crippen LogP contribution in [0.4, 0.5) is 0 Å². The summed E-state index contributed by atoms with van der Waals surface area (Å²) in [5, 5.41) is 3.79. The molecular weight excluding hydrogens is 252 g/mol. The molecule has 1 N–H and O–H groups in total. The summed E-state index contributed by atoms with van der Waals surface area (Å²) in [7, 11) is 0. The van der Waals surface area contributed by atoms with Gasteiger partial charge in [0, 0.05) is 37.5 Å². The number of hydrogen-bond acceptors (Lipinski definition) is 3. The Morgan fingerprint density at radius 1 is 1.26 bits per heavy atom. The highest BCUT2D eigenvalue weighted by Crippen LogP contribution is 2.21. The van der Waals surface area contributed by atoms with Gasteiger partial charge in [0.25, 0.3) is 0 Å². The quantitative estimate of drug-likeness (QED) is 0.688. The van der Waals surface area contributed by atoms with E-state index in [0.29, 0.717) is 6.04 Å². The Kier molecular flexibility index (Phi) is 8.43. The van der Waals surface area contributed by atoms with E-state index in [-0.39, 0.29) is 0 Å². The van der Waals surface area contributed by atoms with Gasteiger partial charge in [0.2, 0.25) is 0 Å². The molecule has 3 heteroatoms. The fraction of sp³-hybridized carbons (Fsp3) is 1.00. The van der Waals surface area contributed by atoms with Gasteiger partial charge in [0.1, 0.15) is 0 Å². The van der Waals surface area contributed by atoms with E-state index in [0.717, 1.165) is 17.9 Å². The Morgan fingerprint density at radius 2 is 2.00 bits per heavy atom. The van der Waals surface area contributed by atoms with Crippen molar-refractivity contribution in [3.63, 3.8) is 0 Å². The molecule has 114 valence electrons. The fourth-order valence-electron chi connectivity index (χ4n) is 3.04. The van der Waals surface area contributed by atoms with Crippen LogP contribution in [0.3, 0.4) is 0 Å². The minimum atomic E-state index is 0.701. The fourth-order valence-corrected chi connectivity index (χ4v) is 3.70. The maximum absolute atomic E-state index is 3.79. The van der Waals surface area contributed by atoms with E-state index in [4.69, 9.17) is 0 Å². The van der Waals surface area contributed by atoms with Crippen molar-refractivity contribution in [2.75, 3.05) is 31.1 Å². The molecule has 0 amide bonds. The molecule has 0 aliphatic carbocycles. The first-order chi connectivity index (χ1) is 9.08. The van der Waals surface area contributed by atoms with Crippen LogP contribution >= 0.6 is 11.8 Å². The van der Waals surface area contributed by atoms with Crippen molar-refractivity contribution in [2.24, 2.45) is 11.8 Å². The number of nitrogens with zero attached hydrogens (tertiary/aromatic N) is 1. The Labute approximate surface area is 125 Å². The lowest BCUT2D eigenvalue weighted by atomic mass is 9.92. The monoisotopic (exact) mass is 286 g/mol. The molecule has 1 fully saturated rings. The molecule has 19 heavy (non-hydrogen) atoms. The lowest BCUT2D eigenvalue weighted by molar-refractivity contribution is 0.0922. The molecule has 1 heterocycles. The maximum atomic E-state index is 3.79. The van der Waals surface area contributed by atoms with E-state index >= 15 is 0 Å². The van der Waals surface area contributed by atoms with Crippen molar-refractivity contribution in [2.45, 2.75) is 59.5 Å². The Balaban J connectivity index is 2.52. The van der Waals surface area contributed by atoms with Crippen molar-refractivity contribution in [1.82, 2.24) is 10.2 Å². The smallest absolute Gasteiger partial charge is 0.0247 e. The Morgan fingerprint density at radius 3 is 2.58 bits per heavy atom. The van der Waals surface area contributed by atoms with Crippen LogP contribution in [0.5, 0.6) is 0 Å². The van der Waals surface area contributed by atoms with E-state index in [1.165, 1.54) is 44.0 Å². The Hall–Kier alpha value is 0.270. The van der Waals surface area contributed by atoms with Gasteiger partial charge >= 0.3 is 0 Å². The van der Waals surface area contributed by atoms with Gasteiger partial charge < -0.3 is 5.32 Å². The molecular formula is C16H34N2S. The van der Waals surface area contributed by atoms with Crippen LogP contribution in [0.2, 0.25) is 0 Å². The molecule has 0 aromatic carbocycles. The van der Waals surface area contributed by atoms with Crippen LogP contribution in [-0.4, -0.2) is 48.1 Å². The van der Waals surface area contributed by atoms with E-state index in [2.05, 4.69) is 56.6 Å². The second-order valence-electron chi connectivity index (χ2n) is 6.38. The highest BCUT2D eigenvalue weighted by atomic mass is 32.2. The predicted molar refractivity (Wildman–Crippen MR) is 89.1 cm³/mol. The molecule has 0 aromatic heterocycles. The zero-order valence-electron chi connectivity index (χ0n) is 13.6. The van der Waals surface area contributed by atoms with Crippen molar-refractivity contribution in [1.29, 1.82) is 0 Å². The van der Waals surface area contributed by atoms with Crippen LogP contribution in [0, 0.1) is 11.8 Å². The second-order valence-corrected chi connectivity index (χ2v) is 7.77. The molecule has 1 rings (SSSR count). The Bertz CT molecular complexity index is 233. The van der Waals surface area contributed by atoms with Gasteiger partial charge in [-0.2, -0.15) is 11.8 Å². The van der Waals surface area contributed by atoms with Gasteiger partial charge in [-0.25, -0.2) is 0 Å². The molecule has 1 aliphatic heterocycles. The molecule has 3 atom stereocenters. The maximum Gasteiger partial charge on any atom is 0.0247 e. The standard InChI is InChI=1S/C16H34N2S/c1-6-14(5)16-11-17-15(10-13(3)4)12-18(16)8-9-19-7-2/h13-17H,6-12H2,1-5H3. The molecule has 1 aliphatic rings. The molecule has 3 unspecified atom stereocenters. The van der Waals surface area contributed by atoms with E-state index in [9.17, 15) is 0 Å². The normalized spacial score (nSPS) is 26.8. The third kappa shape index (κ3) is 6.05. The van der Waals surface area contributed by atoms with Gasteiger partial charge in [0.05, 0.1) is 0 Å². The third-order valence-corrected chi connectivity index (χ3v) is 5.20. The SMILES string of the molecule is CCSCCN1CC(CC(C)C)NCC1C(C)CC. The molecule has 1 saturated heterocycles. The topological polar surface area (TPSA) is 15.3 Å². The molecule has 0 bridgehead atoms.